The van der Waals surface area contributed by atoms with Crippen LogP contribution < -0.4 is 0 Å². The minimum Gasteiger partial charge on any atom is -0.382 e. The van der Waals surface area contributed by atoms with Gasteiger partial charge in [0.25, 0.3) is 0 Å². The van der Waals surface area contributed by atoms with E-state index in [0.29, 0.717) is 11.3 Å². The molecule has 0 aliphatic carbocycles. The van der Waals surface area contributed by atoms with E-state index in [4.69, 9.17) is 16.3 Å². The lowest BCUT2D eigenvalue weighted by Gasteiger charge is -2.12. The van der Waals surface area contributed by atoms with Gasteiger partial charge >= 0.3 is 0 Å². The molecule has 0 aliphatic rings. The van der Waals surface area contributed by atoms with E-state index in [-0.39, 0.29) is 0 Å². The Labute approximate surface area is 75.1 Å². The van der Waals surface area contributed by atoms with Gasteiger partial charge in [-0.1, -0.05) is 13.8 Å². The molecule has 0 rings (SSSR count). The SMILES string of the molecule is CCOCCCC(Cl)C(C)C. The monoisotopic (exact) mass is 178 g/mol. The first-order chi connectivity index (χ1) is 5.18. The summed E-state index contributed by atoms with van der Waals surface area (Å²) >= 11 is 6.04. The number of halogens is 1. The van der Waals surface area contributed by atoms with Crippen LogP contribution in [0.4, 0.5) is 0 Å². The molecule has 0 spiro atoms. The van der Waals surface area contributed by atoms with Gasteiger partial charge in [0.15, 0.2) is 0 Å². The molecule has 0 fully saturated rings. The fourth-order valence-corrected chi connectivity index (χ4v) is 1.01. The largest absolute Gasteiger partial charge is 0.382 e. The topological polar surface area (TPSA) is 9.23 Å². The van der Waals surface area contributed by atoms with E-state index in [1.807, 2.05) is 6.92 Å². The van der Waals surface area contributed by atoms with E-state index in [0.717, 1.165) is 26.1 Å². The molecule has 1 nitrogen and oxygen atoms in total. The summed E-state index contributed by atoms with van der Waals surface area (Å²) in [5.41, 5.74) is 0. The molecule has 0 aromatic rings. The lowest BCUT2D eigenvalue weighted by molar-refractivity contribution is 0.142. The maximum atomic E-state index is 6.04. The summed E-state index contributed by atoms with van der Waals surface area (Å²) in [5, 5.41) is 0.315. The Kier molecular flexibility index (Phi) is 7.09. The highest BCUT2D eigenvalue weighted by atomic mass is 35.5. The summed E-state index contributed by atoms with van der Waals surface area (Å²) in [6.45, 7) is 7.98. The summed E-state index contributed by atoms with van der Waals surface area (Å²) in [7, 11) is 0. The Balaban J connectivity index is 3.10. The second kappa shape index (κ2) is 6.93. The first-order valence-electron chi connectivity index (χ1n) is 4.40. The minimum absolute atomic E-state index is 0.315. The number of rotatable bonds is 6. The van der Waals surface area contributed by atoms with Crippen molar-refractivity contribution in [3.05, 3.63) is 0 Å². The van der Waals surface area contributed by atoms with Crippen molar-refractivity contribution in [3.8, 4) is 0 Å². The summed E-state index contributed by atoms with van der Waals surface area (Å²) in [5.74, 6) is 0.582. The molecule has 1 atom stereocenters. The minimum atomic E-state index is 0.315. The van der Waals surface area contributed by atoms with Crippen molar-refractivity contribution >= 4 is 11.6 Å². The van der Waals surface area contributed by atoms with E-state index in [1.54, 1.807) is 0 Å². The van der Waals surface area contributed by atoms with E-state index in [1.165, 1.54) is 0 Å². The van der Waals surface area contributed by atoms with Crippen LogP contribution in [0.1, 0.15) is 33.6 Å². The molecular weight excluding hydrogens is 160 g/mol. The molecule has 0 aromatic heterocycles. The smallest absolute Gasteiger partial charge is 0.0466 e. The maximum absolute atomic E-state index is 6.04. The Morgan fingerprint density at radius 1 is 1.36 bits per heavy atom. The Morgan fingerprint density at radius 2 is 2.00 bits per heavy atom. The lowest BCUT2D eigenvalue weighted by atomic mass is 10.1. The molecular formula is C9H19ClO. The fourth-order valence-electron chi connectivity index (χ4n) is 0.858. The molecule has 0 amide bonds. The van der Waals surface area contributed by atoms with Gasteiger partial charge in [-0.05, 0) is 25.7 Å². The standard InChI is InChI=1S/C9H19ClO/c1-4-11-7-5-6-9(10)8(2)3/h8-9H,4-7H2,1-3H3. The Morgan fingerprint density at radius 3 is 2.45 bits per heavy atom. The van der Waals surface area contributed by atoms with Crippen LogP contribution in [0.3, 0.4) is 0 Å². The van der Waals surface area contributed by atoms with Crippen LogP contribution in [-0.2, 0) is 4.74 Å². The zero-order valence-corrected chi connectivity index (χ0v) is 8.53. The molecule has 68 valence electrons. The van der Waals surface area contributed by atoms with Crippen LogP contribution >= 0.6 is 11.6 Å². The highest BCUT2D eigenvalue weighted by Crippen LogP contribution is 2.14. The van der Waals surface area contributed by atoms with Gasteiger partial charge in [0.1, 0.15) is 0 Å². The summed E-state index contributed by atoms with van der Waals surface area (Å²) in [4.78, 5) is 0. The first kappa shape index (κ1) is 11.2. The van der Waals surface area contributed by atoms with Gasteiger partial charge in [-0.15, -0.1) is 11.6 Å². The normalized spacial score (nSPS) is 13.9. The van der Waals surface area contributed by atoms with Crippen LogP contribution in [0.25, 0.3) is 0 Å². The van der Waals surface area contributed by atoms with Crippen molar-refractivity contribution < 1.29 is 4.74 Å². The fraction of sp³-hybridized carbons (Fsp3) is 1.00. The van der Waals surface area contributed by atoms with Crippen LogP contribution in [-0.4, -0.2) is 18.6 Å². The quantitative estimate of drug-likeness (QED) is 0.449. The highest BCUT2D eigenvalue weighted by Gasteiger charge is 2.07. The molecule has 0 N–H and O–H groups in total. The average molecular weight is 179 g/mol. The predicted molar refractivity (Wildman–Crippen MR) is 50.2 cm³/mol. The molecule has 1 unspecified atom stereocenters. The highest BCUT2D eigenvalue weighted by molar-refractivity contribution is 6.20. The Hall–Kier alpha value is 0.250. The molecule has 11 heavy (non-hydrogen) atoms. The van der Waals surface area contributed by atoms with Crippen molar-refractivity contribution in [2.24, 2.45) is 5.92 Å². The van der Waals surface area contributed by atoms with Gasteiger partial charge < -0.3 is 4.74 Å². The van der Waals surface area contributed by atoms with Gasteiger partial charge in [0.05, 0.1) is 0 Å². The van der Waals surface area contributed by atoms with Crippen molar-refractivity contribution in [2.45, 2.75) is 39.0 Å². The van der Waals surface area contributed by atoms with Crippen LogP contribution in [0, 0.1) is 5.92 Å². The summed E-state index contributed by atoms with van der Waals surface area (Å²) in [6, 6.07) is 0. The van der Waals surface area contributed by atoms with Gasteiger partial charge in [-0.25, -0.2) is 0 Å². The van der Waals surface area contributed by atoms with E-state index < -0.39 is 0 Å². The maximum Gasteiger partial charge on any atom is 0.0466 e. The van der Waals surface area contributed by atoms with Gasteiger partial charge in [-0.3, -0.25) is 0 Å². The predicted octanol–water partition coefficient (Wildman–Crippen LogP) is 3.07. The molecule has 0 aromatic carbocycles. The number of hydrogen-bond acceptors (Lipinski definition) is 1. The molecule has 0 saturated carbocycles. The average Bonchev–Trinajstić information content (AvgIpc) is 1.97. The van der Waals surface area contributed by atoms with Crippen molar-refractivity contribution in [3.63, 3.8) is 0 Å². The van der Waals surface area contributed by atoms with Crippen LogP contribution in [0.2, 0.25) is 0 Å². The number of hydrogen-bond donors (Lipinski definition) is 0. The second-order valence-electron chi connectivity index (χ2n) is 3.10. The second-order valence-corrected chi connectivity index (χ2v) is 3.66. The molecule has 0 bridgehead atoms. The Bertz CT molecular complexity index is 83.6. The third-order valence-corrected chi connectivity index (χ3v) is 2.42. The summed E-state index contributed by atoms with van der Waals surface area (Å²) < 4.78 is 5.20. The summed E-state index contributed by atoms with van der Waals surface area (Å²) in [6.07, 6.45) is 2.15. The van der Waals surface area contributed by atoms with Crippen molar-refractivity contribution in [2.75, 3.05) is 13.2 Å². The van der Waals surface area contributed by atoms with E-state index in [2.05, 4.69) is 13.8 Å². The molecule has 0 aliphatic heterocycles. The van der Waals surface area contributed by atoms with Crippen LogP contribution in [0.5, 0.6) is 0 Å². The number of alkyl halides is 1. The molecule has 0 radical (unpaired) electrons. The molecule has 0 heterocycles. The van der Waals surface area contributed by atoms with Crippen molar-refractivity contribution in [1.29, 1.82) is 0 Å². The lowest BCUT2D eigenvalue weighted by Crippen LogP contribution is -2.08. The van der Waals surface area contributed by atoms with Crippen LogP contribution in [0.15, 0.2) is 0 Å². The van der Waals surface area contributed by atoms with E-state index in [9.17, 15) is 0 Å². The van der Waals surface area contributed by atoms with Crippen molar-refractivity contribution in [1.82, 2.24) is 0 Å². The third kappa shape index (κ3) is 6.64. The third-order valence-electron chi connectivity index (χ3n) is 1.70. The van der Waals surface area contributed by atoms with Gasteiger partial charge in [0.2, 0.25) is 0 Å². The zero-order valence-electron chi connectivity index (χ0n) is 7.77. The zero-order chi connectivity index (χ0) is 8.69. The molecule has 2 heteroatoms. The number of ether oxygens (including phenoxy) is 1. The first-order valence-corrected chi connectivity index (χ1v) is 4.84. The van der Waals surface area contributed by atoms with Gasteiger partial charge in [0, 0.05) is 18.6 Å². The molecule has 0 saturated heterocycles. The van der Waals surface area contributed by atoms with E-state index >= 15 is 0 Å². The van der Waals surface area contributed by atoms with Gasteiger partial charge in [-0.2, -0.15) is 0 Å².